The normalized spacial score (nSPS) is 10.8. The second-order valence-electron chi connectivity index (χ2n) is 4.58. The van der Waals surface area contributed by atoms with Crippen molar-refractivity contribution in [2.24, 2.45) is 17.8 Å². The van der Waals surface area contributed by atoms with Crippen LogP contribution in [-0.4, -0.2) is 43.2 Å². The Kier molecular flexibility index (Phi) is 4.85. The average molecular weight is 318 g/mol. The lowest BCUT2D eigenvalue weighted by molar-refractivity contribution is 0.0992. The minimum absolute atomic E-state index is 0.230. The molecule has 0 spiro atoms. The fourth-order valence-electron chi connectivity index (χ4n) is 2.13. The highest BCUT2D eigenvalue weighted by atomic mass is 16.5. The van der Waals surface area contributed by atoms with E-state index in [1.165, 1.54) is 32.2 Å². The van der Waals surface area contributed by atoms with Crippen molar-refractivity contribution in [1.29, 1.82) is 0 Å². The van der Waals surface area contributed by atoms with Gasteiger partial charge in [-0.2, -0.15) is 5.10 Å². The van der Waals surface area contributed by atoms with E-state index in [4.69, 9.17) is 19.9 Å². The van der Waals surface area contributed by atoms with Crippen molar-refractivity contribution in [3.8, 4) is 17.2 Å². The second kappa shape index (κ2) is 6.82. The van der Waals surface area contributed by atoms with Crippen LogP contribution in [0.3, 0.4) is 0 Å². The number of aromatic nitrogens is 2. The van der Waals surface area contributed by atoms with Crippen LogP contribution >= 0.6 is 0 Å². The number of carbonyl (C=O) groups is 1. The second-order valence-corrected chi connectivity index (χ2v) is 4.58. The summed E-state index contributed by atoms with van der Waals surface area (Å²) in [5.41, 5.74) is 6.65. The van der Waals surface area contributed by atoms with Gasteiger partial charge >= 0.3 is 0 Å². The molecule has 8 nitrogen and oxygen atoms in total. The molecular formula is C15H18N4O4. The Morgan fingerprint density at radius 2 is 1.83 bits per heavy atom. The maximum atomic E-state index is 11.4. The standard InChI is InChI=1S/C15H18N4O4/c1-19-13(15(16)20)10(8-18-19)17-7-9-5-11(21-2)14(23-4)12(6-9)22-3/h5-8H,1-4H3,(H2,16,20). The quantitative estimate of drug-likeness (QED) is 0.809. The third kappa shape index (κ3) is 3.25. The van der Waals surface area contributed by atoms with Gasteiger partial charge in [0, 0.05) is 18.8 Å². The zero-order valence-electron chi connectivity index (χ0n) is 13.4. The molecule has 0 saturated carbocycles. The van der Waals surface area contributed by atoms with E-state index in [-0.39, 0.29) is 5.69 Å². The molecule has 2 aromatic rings. The van der Waals surface area contributed by atoms with Gasteiger partial charge in [-0.05, 0) is 12.1 Å². The number of benzene rings is 1. The zero-order valence-corrected chi connectivity index (χ0v) is 13.4. The van der Waals surface area contributed by atoms with Crippen LogP contribution in [0.15, 0.2) is 23.3 Å². The van der Waals surface area contributed by atoms with Crippen LogP contribution in [-0.2, 0) is 7.05 Å². The van der Waals surface area contributed by atoms with Gasteiger partial charge < -0.3 is 19.9 Å². The summed E-state index contributed by atoms with van der Waals surface area (Å²) in [6.45, 7) is 0. The van der Waals surface area contributed by atoms with E-state index in [0.717, 1.165) is 0 Å². The zero-order chi connectivity index (χ0) is 17.0. The molecule has 0 fully saturated rings. The summed E-state index contributed by atoms with van der Waals surface area (Å²) in [6.07, 6.45) is 3.03. The average Bonchev–Trinajstić information content (AvgIpc) is 2.92. The van der Waals surface area contributed by atoms with E-state index in [0.29, 0.717) is 28.5 Å². The fourth-order valence-corrected chi connectivity index (χ4v) is 2.13. The number of rotatable bonds is 6. The van der Waals surface area contributed by atoms with Crippen molar-refractivity contribution in [3.63, 3.8) is 0 Å². The van der Waals surface area contributed by atoms with Gasteiger partial charge in [-0.3, -0.25) is 14.5 Å². The number of amides is 1. The molecule has 1 heterocycles. The van der Waals surface area contributed by atoms with Crippen molar-refractivity contribution in [3.05, 3.63) is 29.6 Å². The highest BCUT2D eigenvalue weighted by Crippen LogP contribution is 2.37. The monoisotopic (exact) mass is 318 g/mol. The Morgan fingerprint density at radius 1 is 1.22 bits per heavy atom. The molecule has 0 atom stereocenters. The molecule has 2 N–H and O–H groups in total. The molecule has 0 radical (unpaired) electrons. The SMILES string of the molecule is COc1cc(C=Nc2cnn(C)c2C(N)=O)cc(OC)c1OC. The van der Waals surface area contributed by atoms with Crippen LogP contribution in [0.25, 0.3) is 0 Å². The maximum Gasteiger partial charge on any atom is 0.269 e. The lowest BCUT2D eigenvalue weighted by atomic mass is 10.2. The first-order valence-corrected chi connectivity index (χ1v) is 6.67. The third-order valence-corrected chi connectivity index (χ3v) is 3.19. The summed E-state index contributed by atoms with van der Waals surface area (Å²) in [6, 6.07) is 3.48. The number of carbonyl (C=O) groups excluding carboxylic acids is 1. The van der Waals surface area contributed by atoms with Crippen LogP contribution in [0.5, 0.6) is 17.2 Å². The van der Waals surface area contributed by atoms with E-state index in [1.54, 1.807) is 25.4 Å². The molecule has 0 saturated heterocycles. The Hall–Kier alpha value is -3.03. The summed E-state index contributed by atoms with van der Waals surface area (Å²) < 4.78 is 17.2. The van der Waals surface area contributed by atoms with E-state index in [1.807, 2.05) is 0 Å². The Labute approximate surface area is 133 Å². The number of methoxy groups -OCH3 is 3. The Morgan fingerprint density at radius 3 is 2.30 bits per heavy atom. The van der Waals surface area contributed by atoms with E-state index < -0.39 is 5.91 Å². The maximum absolute atomic E-state index is 11.4. The molecule has 0 unspecified atom stereocenters. The number of hydrogen-bond acceptors (Lipinski definition) is 6. The van der Waals surface area contributed by atoms with E-state index >= 15 is 0 Å². The van der Waals surface area contributed by atoms with Crippen LogP contribution in [0, 0.1) is 0 Å². The van der Waals surface area contributed by atoms with Gasteiger partial charge in [0.05, 0.1) is 27.5 Å². The van der Waals surface area contributed by atoms with Gasteiger partial charge in [0.1, 0.15) is 5.69 Å². The number of aliphatic imine (C=N–C) groups is 1. The molecule has 0 aliphatic carbocycles. The number of ether oxygens (including phenoxy) is 3. The highest BCUT2D eigenvalue weighted by molar-refractivity contribution is 5.97. The van der Waals surface area contributed by atoms with E-state index in [2.05, 4.69) is 10.1 Å². The first-order valence-electron chi connectivity index (χ1n) is 6.67. The number of primary amides is 1. The minimum Gasteiger partial charge on any atom is -0.493 e. The molecule has 0 aliphatic heterocycles. The van der Waals surface area contributed by atoms with Crippen LogP contribution < -0.4 is 19.9 Å². The first-order chi connectivity index (χ1) is 11.0. The van der Waals surface area contributed by atoms with Gasteiger partial charge in [0.15, 0.2) is 17.2 Å². The van der Waals surface area contributed by atoms with E-state index in [9.17, 15) is 4.79 Å². The van der Waals surface area contributed by atoms with Crippen molar-refractivity contribution >= 4 is 17.8 Å². The third-order valence-electron chi connectivity index (χ3n) is 3.19. The van der Waals surface area contributed by atoms with Crippen molar-refractivity contribution < 1.29 is 19.0 Å². The molecule has 23 heavy (non-hydrogen) atoms. The number of aryl methyl sites for hydroxylation is 1. The van der Waals surface area contributed by atoms with Crippen LogP contribution in [0.4, 0.5) is 5.69 Å². The largest absolute Gasteiger partial charge is 0.493 e. The molecule has 0 aliphatic rings. The molecule has 1 amide bonds. The topological polar surface area (TPSA) is 101 Å². The summed E-state index contributed by atoms with van der Waals surface area (Å²) in [4.78, 5) is 15.7. The predicted octanol–water partition coefficient (Wildman–Crippen LogP) is 1.30. The predicted molar refractivity (Wildman–Crippen MR) is 85.1 cm³/mol. The van der Waals surface area contributed by atoms with Crippen LogP contribution in [0.2, 0.25) is 0 Å². The Balaban J connectivity index is 2.42. The molecule has 1 aromatic heterocycles. The summed E-state index contributed by atoms with van der Waals surface area (Å²) in [5.74, 6) is 0.914. The summed E-state index contributed by atoms with van der Waals surface area (Å²) in [7, 11) is 6.22. The lowest BCUT2D eigenvalue weighted by Crippen LogP contribution is -2.15. The highest BCUT2D eigenvalue weighted by Gasteiger charge is 2.14. The molecule has 122 valence electrons. The molecule has 8 heteroatoms. The van der Waals surface area contributed by atoms with Gasteiger partial charge in [0.25, 0.3) is 5.91 Å². The molecule has 1 aromatic carbocycles. The fraction of sp³-hybridized carbons (Fsp3) is 0.267. The molecular weight excluding hydrogens is 300 g/mol. The minimum atomic E-state index is -0.595. The number of hydrogen-bond donors (Lipinski definition) is 1. The van der Waals surface area contributed by atoms with Gasteiger partial charge in [-0.25, -0.2) is 0 Å². The van der Waals surface area contributed by atoms with Gasteiger partial charge in [0.2, 0.25) is 5.75 Å². The number of nitrogens with two attached hydrogens (primary N) is 1. The summed E-state index contributed by atoms with van der Waals surface area (Å²) >= 11 is 0. The first kappa shape index (κ1) is 16.3. The lowest BCUT2D eigenvalue weighted by Gasteiger charge is -2.12. The smallest absolute Gasteiger partial charge is 0.269 e. The summed E-state index contributed by atoms with van der Waals surface area (Å²) in [5, 5.41) is 3.98. The van der Waals surface area contributed by atoms with Crippen molar-refractivity contribution in [2.75, 3.05) is 21.3 Å². The molecule has 2 rings (SSSR count). The van der Waals surface area contributed by atoms with Crippen LogP contribution in [0.1, 0.15) is 16.1 Å². The van der Waals surface area contributed by atoms with Gasteiger partial charge in [-0.1, -0.05) is 0 Å². The van der Waals surface area contributed by atoms with Crippen molar-refractivity contribution in [2.45, 2.75) is 0 Å². The number of nitrogens with zero attached hydrogens (tertiary/aromatic N) is 3. The Bertz CT molecular complexity index is 727. The van der Waals surface area contributed by atoms with Gasteiger partial charge in [-0.15, -0.1) is 0 Å². The van der Waals surface area contributed by atoms with Crippen molar-refractivity contribution in [1.82, 2.24) is 9.78 Å². The molecule has 0 bridgehead atoms.